The number of sulfonamides is 1. The second kappa shape index (κ2) is 5.92. The van der Waals surface area contributed by atoms with Crippen molar-refractivity contribution in [1.29, 1.82) is 0 Å². The van der Waals surface area contributed by atoms with E-state index in [2.05, 4.69) is 10.0 Å². The van der Waals surface area contributed by atoms with Gasteiger partial charge in [0.2, 0.25) is 21.8 Å². The van der Waals surface area contributed by atoms with Crippen LogP contribution in [0.5, 0.6) is 0 Å². The standard InChI is InChI=1S/C13H23N3O4S/c1-10(17)14-9-12(18)16-5-3-13(4-6-16)7-11(8-13)15-21(2,19)20/h11,15H,3-9H2,1-2H3,(H,14,17). The summed E-state index contributed by atoms with van der Waals surface area (Å²) < 4.78 is 25.0. The molecule has 0 aromatic heterocycles. The first kappa shape index (κ1) is 16.2. The predicted octanol–water partition coefficient (Wildman–Crippen LogP) is -0.557. The fourth-order valence-corrected chi connectivity index (χ4v) is 4.09. The van der Waals surface area contributed by atoms with Gasteiger partial charge in [0.15, 0.2) is 0 Å². The Balaban J connectivity index is 1.75. The van der Waals surface area contributed by atoms with Crippen LogP contribution in [0, 0.1) is 5.41 Å². The van der Waals surface area contributed by atoms with Crippen LogP contribution in [0.4, 0.5) is 0 Å². The van der Waals surface area contributed by atoms with Crippen molar-refractivity contribution in [2.45, 2.75) is 38.6 Å². The van der Waals surface area contributed by atoms with Gasteiger partial charge in [-0.15, -0.1) is 0 Å². The molecule has 2 N–H and O–H groups in total. The summed E-state index contributed by atoms with van der Waals surface area (Å²) in [6.45, 7) is 2.82. The van der Waals surface area contributed by atoms with E-state index in [4.69, 9.17) is 0 Å². The quantitative estimate of drug-likeness (QED) is 0.727. The number of amides is 2. The molecule has 0 atom stereocenters. The van der Waals surface area contributed by atoms with Gasteiger partial charge in [-0.2, -0.15) is 0 Å². The smallest absolute Gasteiger partial charge is 0.241 e. The highest BCUT2D eigenvalue weighted by molar-refractivity contribution is 7.88. The Morgan fingerprint density at radius 1 is 1.24 bits per heavy atom. The molecule has 0 unspecified atom stereocenters. The Kier molecular flexibility index (Phi) is 4.57. The first-order valence-corrected chi connectivity index (χ1v) is 9.08. The van der Waals surface area contributed by atoms with Crippen molar-refractivity contribution in [2.75, 3.05) is 25.9 Å². The lowest BCUT2D eigenvalue weighted by Crippen LogP contribution is -2.56. The van der Waals surface area contributed by atoms with Crippen LogP contribution in [0.3, 0.4) is 0 Å². The van der Waals surface area contributed by atoms with Gasteiger partial charge in [-0.1, -0.05) is 0 Å². The Hall–Kier alpha value is -1.15. The van der Waals surface area contributed by atoms with Crippen molar-refractivity contribution in [1.82, 2.24) is 14.9 Å². The molecular weight excluding hydrogens is 294 g/mol. The molecule has 8 heteroatoms. The van der Waals surface area contributed by atoms with Gasteiger partial charge in [-0.3, -0.25) is 9.59 Å². The summed E-state index contributed by atoms with van der Waals surface area (Å²) in [5, 5.41) is 2.52. The minimum absolute atomic E-state index is 0.0432. The highest BCUT2D eigenvalue weighted by Gasteiger charge is 2.46. The molecule has 2 amide bonds. The van der Waals surface area contributed by atoms with E-state index in [1.165, 1.54) is 13.2 Å². The first-order valence-electron chi connectivity index (χ1n) is 7.19. The van der Waals surface area contributed by atoms with E-state index < -0.39 is 10.0 Å². The molecule has 1 saturated carbocycles. The largest absolute Gasteiger partial charge is 0.347 e. The zero-order valence-corrected chi connectivity index (χ0v) is 13.3. The van der Waals surface area contributed by atoms with Crippen molar-refractivity contribution in [3.05, 3.63) is 0 Å². The topological polar surface area (TPSA) is 95.6 Å². The van der Waals surface area contributed by atoms with Gasteiger partial charge in [-0.25, -0.2) is 13.1 Å². The molecular formula is C13H23N3O4S. The molecule has 1 heterocycles. The number of likely N-dealkylation sites (tertiary alicyclic amines) is 1. The van der Waals surface area contributed by atoms with Gasteiger partial charge in [0.05, 0.1) is 12.8 Å². The zero-order valence-electron chi connectivity index (χ0n) is 12.5. The van der Waals surface area contributed by atoms with Crippen molar-refractivity contribution < 1.29 is 18.0 Å². The van der Waals surface area contributed by atoms with Crippen molar-refractivity contribution in [2.24, 2.45) is 5.41 Å². The Morgan fingerprint density at radius 2 is 1.81 bits per heavy atom. The molecule has 2 aliphatic rings. The average molecular weight is 317 g/mol. The number of piperidine rings is 1. The third-order valence-electron chi connectivity index (χ3n) is 4.40. The maximum absolute atomic E-state index is 11.9. The molecule has 0 bridgehead atoms. The number of nitrogens with one attached hydrogen (secondary N) is 2. The van der Waals surface area contributed by atoms with Crippen molar-refractivity contribution in [3.63, 3.8) is 0 Å². The highest BCUT2D eigenvalue weighted by atomic mass is 32.2. The SMILES string of the molecule is CC(=O)NCC(=O)N1CCC2(CC1)CC(NS(C)(=O)=O)C2. The Morgan fingerprint density at radius 3 is 2.29 bits per heavy atom. The molecule has 0 radical (unpaired) electrons. The summed E-state index contributed by atoms with van der Waals surface area (Å²) in [6, 6.07) is 0.0432. The van der Waals surface area contributed by atoms with E-state index >= 15 is 0 Å². The molecule has 1 aliphatic carbocycles. The van der Waals surface area contributed by atoms with E-state index in [1.54, 1.807) is 4.90 Å². The van der Waals surface area contributed by atoms with Crippen molar-refractivity contribution in [3.8, 4) is 0 Å². The zero-order chi connectivity index (χ0) is 15.7. The lowest BCUT2D eigenvalue weighted by atomic mass is 9.60. The van der Waals surface area contributed by atoms with Gasteiger partial charge < -0.3 is 10.2 Å². The van der Waals surface area contributed by atoms with Crippen LogP contribution in [0.25, 0.3) is 0 Å². The minimum Gasteiger partial charge on any atom is -0.347 e. The van der Waals surface area contributed by atoms with Gasteiger partial charge in [-0.05, 0) is 31.1 Å². The van der Waals surface area contributed by atoms with E-state index in [0.29, 0.717) is 13.1 Å². The van der Waals surface area contributed by atoms with Crippen LogP contribution in [0.2, 0.25) is 0 Å². The minimum atomic E-state index is -3.13. The number of carbonyl (C=O) groups excluding carboxylic acids is 2. The van der Waals surface area contributed by atoms with E-state index in [-0.39, 0.29) is 29.8 Å². The monoisotopic (exact) mass is 317 g/mol. The molecule has 1 aliphatic heterocycles. The Bertz CT molecular complexity index is 516. The number of nitrogens with zero attached hydrogens (tertiary/aromatic N) is 1. The summed E-state index contributed by atoms with van der Waals surface area (Å²) in [5.41, 5.74) is 0.188. The molecule has 1 saturated heterocycles. The average Bonchev–Trinajstić information content (AvgIpc) is 2.33. The summed E-state index contributed by atoms with van der Waals surface area (Å²) >= 11 is 0. The fourth-order valence-electron chi connectivity index (χ4n) is 3.32. The first-order chi connectivity index (χ1) is 9.69. The van der Waals surface area contributed by atoms with Crippen LogP contribution in [-0.2, 0) is 19.6 Å². The van der Waals surface area contributed by atoms with E-state index in [1.807, 2.05) is 0 Å². The number of rotatable bonds is 4. The maximum atomic E-state index is 11.9. The molecule has 2 fully saturated rings. The third-order valence-corrected chi connectivity index (χ3v) is 5.17. The van der Waals surface area contributed by atoms with Crippen LogP contribution in [0.1, 0.15) is 32.6 Å². The molecule has 0 aromatic rings. The summed E-state index contributed by atoms with van der Waals surface area (Å²) in [4.78, 5) is 24.5. The van der Waals surface area contributed by atoms with Gasteiger partial charge in [0.25, 0.3) is 0 Å². The number of carbonyl (C=O) groups is 2. The summed E-state index contributed by atoms with van der Waals surface area (Å²) in [6.07, 6.45) is 4.70. The third kappa shape index (κ3) is 4.41. The highest BCUT2D eigenvalue weighted by Crippen LogP contribution is 2.49. The molecule has 21 heavy (non-hydrogen) atoms. The van der Waals surface area contributed by atoms with Gasteiger partial charge in [0, 0.05) is 26.1 Å². The Labute approximate surface area is 125 Å². The van der Waals surface area contributed by atoms with Crippen LogP contribution in [0.15, 0.2) is 0 Å². The van der Waals surface area contributed by atoms with Crippen LogP contribution >= 0.6 is 0 Å². The molecule has 120 valence electrons. The molecule has 0 aromatic carbocycles. The summed E-state index contributed by atoms with van der Waals surface area (Å²) in [5.74, 6) is -0.254. The maximum Gasteiger partial charge on any atom is 0.241 e. The molecule has 2 rings (SSSR count). The van der Waals surface area contributed by atoms with Crippen LogP contribution in [-0.4, -0.2) is 57.1 Å². The predicted molar refractivity (Wildman–Crippen MR) is 77.9 cm³/mol. The normalized spacial score (nSPS) is 21.9. The van der Waals surface area contributed by atoms with Crippen molar-refractivity contribution >= 4 is 21.8 Å². The van der Waals surface area contributed by atoms with Gasteiger partial charge >= 0.3 is 0 Å². The van der Waals surface area contributed by atoms with Gasteiger partial charge in [0.1, 0.15) is 0 Å². The summed E-state index contributed by atoms with van der Waals surface area (Å²) in [7, 11) is -3.13. The second-order valence-corrected chi connectivity index (χ2v) is 8.07. The lowest BCUT2D eigenvalue weighted by Gasteiger charge is -2.52. The van der Waals surface area contributed by atoms with Crippen LogP contribution < -0.4 is 10.0 Å². The lowest BCUT2D eigenvalue weighted by molar-refractivity contribution is -0.135. The van der Waals surface area contributed by atoms with E-state index in [9.17, 15) is 18.0 Å². The van der Waals surface area contributed by atoms with E-state index in [0.717, 1.165) is 25.7 Å². The molecule has 7 nitrogen and oxygen atoms in total. The number of hydrogen-bond acceptors (Lipinski definition) is 4. The number of hydrogen-bond donors (Lipinski definition) is 2. The molecule has 1 spiro atoms. The fraction of sp³-hybridized carbons (Fsp3) is 0.846. The second-order valence-electron chi connectivity index (χ2n) is 6.29.